The molecule has 0 saturated heterocycles. The standard InChI is InChI=1S/C18H23NO2/c1-2-3-4-5-6-9-12-19-16-13-17(20)18(21)15-11-8-7-10-14(15)16/h7-8,10-11H,2-6,9,12-13H2,1H3. The fourth-order valence-electron chi connectivity index (χ4n) is 2.66. The Hall–Kier alpha value is -1.77. The average molecular weight is 285 g/mol. The van der Waals surface area contributed by atoms with E-state index in [2.05, 4.69) is 11.9 Å². The van der Waals surface area contributed by atoms with E-state index in [0.29, 0.717) is 5.56 Å². The van der Waals surface area contributed by atoms with Gasteiger partial charge in [0.05, 0.1) is 12.1 Å². The molecule has 0 saturated carbocycles. The molecule has 0 aromatic heterocycles. The van der Waals surface area contributed by atoms with Crippen LogP contribution in [0.1, 0.15) is 67.8 Å². The van der Waals surface area contributed by atoms with Crippen LogP contribution in [0.2, 0.25) is 0 Å². The van der Waals surface area contributed by atoms with Crippen LogP contribution in [0.3, 0.4) is 0 Å². The fraction of sp³-hybridized carbons (Fsp3) is 0.500. The maximum atomic E-state index is 11.8. The van der Waals surface area contributed by atoms with Crippen molar-refractivity contribution in [1.82, 2.24) is 0 Å². The summed E-state index contributed by atoms with van der Waals surface area (Å²) in [6.45, 7) is 2.96. The summed E-state index contributed by atoms with van der Waals surface area (Å²) < 4.78 is 0. The van der Waals surface area contributed by atoms with Crippen molar-refractivity contribution >= 4 is 17.3 Å². The highest BCUT2D eigenvalue weighted by Gasteiger charge is 2.28. The first-order chi connectivity index (χ1) is 10.2. The van der Waals surface area contributed by atoms with E-state index in [1.54, 1.807) is 12.1 Å². The molecular formula is C18H23NO2. The van der Waals surface area contributed by atoms with Gasteiger partial charge in [-0.25, -0.2) is 0 Å². The molecule has 0 fully saturated rings. The number of Topliss-reactive ketones (excluding diaryl/α,β-unsaturated/α-hetero) is 2. The van der Waals surface area contributed by atoms with Crippen LogP contribution in [0.5, 0.6) is 0 Å². The second-order valence-electron chi connectivity index (χ2n) is 5.57. The van der Waals surface area contributed by atoms with Crippen LogP contribution in [-0.4, -0.2) is 23.8 Å². The molecule has 1 aromatic carbocycles. The number of fused-ring (bicyclic) bond motifs is 1. The predicted octanol–water partition coefficient (Wildman–Crippen LogP) is 3.99. The van der Waals surface area contributed by atoms with Gasteiger partial charge in [-0.2, -0.15) is 0 Å². The van der Waals surface area contributed by atoms with E-state index in [-0.39, 0.29) is 18.0 Å². The number of benzene rings is 1. The van der Waals surface area contributed by atoms with Crippen LogP contribution in [-0.2, 0) is 4.79 Å². The molecule has 1 aromatic rings. The summed E-state index contributed by atoms with van der Waals surface area (Å²) in [5.41, 5.74) is 2.13. The van der Waals surface area contributed by atoms with Crippen LogP contribution >= 0.6 is 0 Å². The summed E-state index contributed by atoms with van der Waals surface area (Å²) in [5.74, 6) is -0.709. The van der Waals surface area contributed by atoms with Gasteiger partial charge in [0.15, 0.2) is 0 Å². The Balaban J connectivity index is 1.94. The van der Waals surface area contributed by atoms with Crippen molar-refractivity contribution < 1.29 is 9.59 Å². The Labute approximate surface area is 126 Å². The lowest BCUT2D eigenvalue weighted by Crippen LogP contribution is -2.27. The maximum absolute atomic E-state index is 11.8. The van der Waals surface area contributed by atoms with Crippen molar-refractivity contribution in [3.05, 3.63) is 35.4 Å². The number of nitrogens with zero attached hydrogens (tertiary/aromatic N) is 1. The lowest BCUT2D eigenvalue weighted by atomic mass is 9.88. The molecule has 3 nitrogen and oxygen atoms in total. The largest absolute Gasteiger partial charge is 0.290 e. The fourth-order valence-corrected chi connectivity index (χ4v) is 2.66. The van der Waals surface area contributed by atoms with Crippen molar-refractivity contribution in [2.75, 3.05) is 6.54 Å². The van der Waals surface area contributed by atoms with Gasteiger partial charge < -0.3 is 0 Å². The van der Waals surface area contributed by atoms with E-state index in [4.69, 9.17) is 0 Å². The number of ketones is 2. The molecule has 2 rings (SSSR count). The second kappa shape index (κ2) is 7.87. The highest BCUT2D eigenvalue weighted by Crippen LogP contribution is 2.20. The predicted molar refractivity (Wildman–Crippen MR) is 85.2 cm³/mol. The molecule has 0 aliphatic heterocycles. The molecule has 1 aliphatic rings. The highest BCUT2D eigenvalue weighted by molar-refractivity contribution is 6.51. The molecule has 0 spiro atoms. The highest BCUT2D eigenvalue weighted by atomic mass is 16.2. The Kier molecular flexibility index (Phi) is 5.85. The van der Waals surface area contributed by atoms with Crippen LogP contribution in [0.15, 0.2) is 29.3 Å². The van der Waals surface area contributed by atoms with Crippen LogP contribution < -0.4 is 0 Å². The number of carbonyl (C=O) groups is 2. The molecule has 0 bridgehead atoms. The Morgan fingerprint density at radius 1 is 0.952 bits per heavy atom. The van der Waals surface area contributed by atoms with Gasteiger partial charge in [0, 0.05) is 17.7 Å². The maximum Gasteiger partial charge on any atom is 0.229 e. The van der Waals surface area contributed by atoms with Gasteiger partial charge in [-0.15, -0.1) is 0 Å². The smallest absolute Gasteiger partial charge is 0.229 e. The first-order valence-corrected chi connectivity index (χ1v) is 7.94. The average Bonchev–Trinajstić information content (AvgIpc) is 2.51. The van der Waals surface area contributed by atoms with Gasteiger partial charge in [-0.3, -0.25) is 14.6 Å². The van der Waals surface area contributed by atoms with Gasteiger partial charge in [0.25, 0.3) is 0 Å². The number of hydrogen-bond donors (Lipinski definition) is 0. The number of hydrogen-bond acceptors (Lipinski definition) is 3. The van der Waals surface area contributed by atoms with Crippen molar-refractivity contribution in [1.29, 1.82) is 0 Å². The third-order valence-electron chi connectivity index (χ3n) is 3.88. The van der Waals surface area contributed by atoms with Crippen LogP contribution in [0.25, 0.3) is 0 Å². The van der Waals surface area contributed by atoms with Gasteiger partial charge >= 0.3 is 0 Å². The number of aliphatic imine (C=N–C) groups is 1. The zero-order valence-electron chi connectivity index (χ0n) is 12.7. The summed E-state index contributed by atoms with van der Waals surface area (Å²) >= 11 is 0. The minimum absolute atomic E-state index is 0.158. The lowest BCUT2D eigenvalue weighted by molar-refractivity contribution is -0.114. The zero-order chi connectivity index (χ0) is 15.1. The molecular weight excluding hydrogens is 262 g/mol. The third kappa shape index (κ3) is 4.10. The van der Waals surface area contributed by atoms with E-state index in [1.807, 2.05) is 12.1 Å². The van der Waals surface area contributed by atoms with Crippen molar-refractivity contribution in [2.24, 2.45) is 4.99 Å². The minimum Gasteiger partial charge on any atom is -0.290 e. The second-order valence-corrected chi connectivity index (χ2v) is 5.57. The zero-order valence-corrected chi connectivity index (χ0v) is 12.7. The molecule has 1 aliphatic carbocycles. The summed E-state index contributed by atoms with van der Waals surface area (Å²) in [7, 11) is 0. The van der Waals surface area contributed by atoms with Gasteiger partial charge in [0.2, 0.25) is 11.6 Å². The molecule has 0 atom stereocenters. The molecule has 0 N–H and O–H groups in total. The quantitative estimate of drug-likeness (QED) is 0.561. The van der Waals surface area contributed by atoms with Gasteiger partial charge in [-0.05, 0) is 6.42 Å². The third-order valence-corrected chi connectivity index (χ3v) is 3.88. The molecule has 0 radical (unpaired) electrons. The summed E-state index contributed by atoms with van der Waals surface area (Å²) in [6.07, 6.45) is 7.51. The number of rotatable bonds is 7. The number of unbranched alkanes of at least 4 members (excludes halogenated alkanes) is 5. The van der Waals surface area contributed by atoms with Crippen molar-refractivity contribution in [3.8, 4) is 0 Å². The first-order valence-electron chi connectivity index (χ1n) is 7.94. The normalized spacial score (nSPS) is 16.3. The van der Waals surface area contributed by atoms with Crippen LogP contribution in [0.4, 0.5) is 0 Å². The van der Waals surface area contributed by atoms with E-state index >= 15 is 0 Å². The minimum atomic E-state index is -0.371. The SMILES string of the molecule is CCCCCCCCN=C1CC(=O)C(=O)c2ccccc21. The molecule has 0 heterocycles. The van der Waals surface area contributed by atoms with Crippen LogP contribution in [0, 0.1) is 0 Å². The van der Waals surface area contributed by atoms with E-state index in [0.717, 1.165) is 24.2 Å². The summed E-state index contributed by atoms with van der Waals surface area (Å²) in [5, 5.41) is 0. The van der Waals surface area contributed by atoms with Crippen molar-refractivity contribution in [3.63, 3.8) is 0 Å². The Morgan fingerprint density at radius 3 is 2.38 bits per heavy atom. The molecule has 21 heavy (non-hydrogen) atoms. The molecule has 3 heteroatoms. The van der Waals surface area contributed by atoms with E-state index < -0.39 is 0 Å². The summed E-state index contributed by atoms with van der Waals surface area (Å²) in [4.78, 5) is 28.1. The lowest BCUT2D eigenvalue weighted by Gasteiger charge is -2.15. The van der Waals surface area contributed by atoms with Crippen molar-refractivity contribution in [2.45, 2.75) is 51.9 Å². The topological polar surface area (TPSA) is 46.5 Å². The number of carbonyl (C=O) groups excluding carboxylic acids is 2. The van der Waals surface area contributed by atoms with Gasteiger partial charge in [-0.1, -0.05) is 63.3 Å². The van der Waals surface area contributed by atoms with E-state index in [1.165, 1.54) is 32.1 Å². The Morgan fingerprint density at radius 2 is 1.62 bits per heavy atom. The molecule has 112 valence electrons. The molecule has 0 amide bonds. The molecule has 0 unspecified atom stereocenters. The summed E-state index contributed by atoms with van der Waals surface area (Å²) in [6, 6.07) is 7.29. The first kappa shape index (κ1) is 15.6. The van der Waals surface area contributed by atoms with E-state index in [9.17, 15) is 9.59 Å². The monoisotopic (exact) mass is 285 g/mol. The van der Waals surface area contributed by atoms with Gasteiger partial charge in [0.1, 0.15) is 0 Å². The Bertz CT molecular complexity index is 546.